The van der Waals surface area contributed by atoms with Crippen molar-refractivity contribution in [2.24, 2.45) is 0 Å². The fourth-order valence-electron chi connectivity index (χ4n) is 2.89. The van der Waals surface area contributed by atoms with Gasteiger partial charge in [0.05, 0.1) is 7.11 Å². The van der Waals surface area contributed by atoms with Gasteiger partial charge in [0.25, 0.3) is 0 Å². The smallest absolute Gasteiger partial charge is 0.221 e. The van der Waals surface area contributed by atoms with Crippen molar-refractivity contribution >= 4 is 23.5 Å². The summed E-state index contributed by atoms with van der Waals surface area (Å²) in [5.74, 6) is 0.753. The van der Waals surface area contributed by atoms with Crippen LogP contribution in [0.15, 0.2) is 48.0 Å². The highest BCUT2D eigenvalue weighted by Gasteiger charge is 2.22. The molecule has 1 aliphatic rings. The molecular formula is C20H19NO3. The Morgan fingerprint density at radius 3 is 2.54 bits per heavy atom. The molecule has 0 fully saturated rings. The molecule has 0 saturated heterocycles. The minimum absolute atomic E-state index is 0.0739. The molecule has 24 heavy (non-hydrogen) atoms. The molecule has 2 aromatic rings. The van der Waals surface area contributed by atoms with Crippen LogP contribution in [0.1, 0.15) is 34.8 Å². The fourth-order valence-corrected chi connectivity index (χ4v) is 2.89. The SMILES string of the molecule is COc1ccc2c(c1)CC/C(=C\c1ccc(NC(C)=O)cc1)C2=O. The molecule has 0 aromatic heterocycles. The number of ketones is 1. The van der Waals surface area contributed by atoms with E-state index in [0.717, 1.165) is 40.1 Å². The molecule has 122 valence electrons. The van der Waals surface area contributed by atoms with Gasteiger partial charge in [0.1, 0.15) is 5.75 Å². The Morgan fingerprint density at radius 2 is 1.88 bits per heavy atom. The van der Waals surface area contributed by atoms with Crippen molar-refractivity contribution in [3.05, 3.63) is 64.7 Å². The Labute approximate surface area is 141 Å². The third-order valence-corrected chi connectivity index (χ3v) is 4.08. The molecule has 0 bridgehead atoms. The number of fused-ring (bicyclic) bond motifs is 1. The van der Waals surface area contributed by atoms with Crippen molar-refractivity contribution in [1.82, 2.24) is 0 Å². The monoisotopic (exact) mass is 321 g/mol. The molecule has 0 unspecified atom stereocenters. The zero-order chi connectivity index (χ0) is 17.1. The summed E-state index contributed by atoms with van der Waals surface area (Å²) in [6.45, 7) is 1.48. The van der Waals surface area contributed by atoms with Gasteiger partial charge >= 0.3 is 0 Å². The number of hydrogen-bond acceptors (Lipinski definition) is 3. The Morgan fingerprint density at radius 1 is 1.12 bits per heavy atom. The summed E-state index contributed by atoms with van der Waals surface area (Å²) in [4.78, 5) is 23.7. The number of nitrogens with one attached hydrogen (secondary N) is 1. The zero-order valence-electron chi connectivity index (χ0n) is 13.8. The van der Waals surface area contributed by atoms with Crippen LogP contribution in [0.5, 0.6) is 5.75 Å². The first-order valence-corrected chi connectivity index (χ1v) is 7.86. The number of benzene rings is 2. The molecule has 0 spiro atoms. The lowest BCUT2D eigenvalue weighted by atomic mass is 9.86. The highest BCUT2D eigenvalue weighted by molar-refractivity contribution is 6.13. The van der Waals surface area contributed by atoms with Crippen LogP contribution in [0.4, 0.5) is 5.69 Å². The van der Waals surface area contributed by atoms with Gasteiger partial charge in [-0.15, -0.1) is 0 Å². The number of aryl methyl sites for hydroxylation is 1. The minimum Gasteiger partial charge on any atom is -0.497 e. The van der Waals surface area contributed by atoms with Crippen molar-refractivity contribution in [3.63, 3.8) is 0 Å². The number of carbonyl (C=O) groups excluding carboxylic acids is 2. The van der Waals surface area contributed by atoms with Gasteiger partial charge in [-0.1, -0.05) is 12.1 Å². The molecular weight excluding hydrogens is 302 g/mol. The Hall–Kier alpha value is -2.88. The lowest BCUT2D eigenvalue weighted by molar-refractivity contribution is -0.114. The molecule has 1 N–H and O–H groups in total. The van der Waals surface area contributed by atoms with Gasteiger partial charge in [0.15, 0.2) is 5.78 Å². The largest absolute Gasteiger partial charge is 0.497 e. The third kappa shape index (κ3) is 3.38. The summed E-state index contributed by atoms with van der Waals surface area (Å²) in [7, 11) is 1.63. The number of ether oxygens (including phenoxy) is 1. The van der Waals surface area contributed by atoms with E-state index in [-0.39, 0.29) is 11.7 Å². The van der Waals surface area contributed by atoms with E-state index < -0.39 is 0 Å². The molecule has 0 heterocycles. The maximum absolute atomic E-state index is 12.7. The van der Waals surface area contributed by atoms with Crippen LogP contribution < -0.4 is 10.1 Å². The highest BCUT2D eigenvalue weighted by Crippen LogP contribution is 2.29. The van der Waals surface area contributed by atoms with Crippen LogP contribution in [0.25, 0.3) is 6.08 Å². The highest BCUT2D eigenvalue weighted by atomic mass is 16.5. The van der Waals surface area contributed by atoms with Crippen LogP contribution in [0.2, 0.25) is 0 Å². The number of allylic oxidation sites excluding steroid dienone is 1. The standard InChI is InChI=1S/C20H19NO3/c1-13(22)21-17-7-3-14(4-8-17)11-16-6-5-15-12-18(24-2)9-10-19(15)20(16)23/h3-4,7-12H,5-6H2,1-2H3,(H,21,22)/b16-11+. The number of carbonyl (C=O) groups is 2. The Balaban J connectivity index is 1.83. The van der Waals surface area contributed by atoms with Crippen LogP contribution in [-0.4, -0.2) is 18.8 Å². The lowest BCUT2D eigenvalue weighted by Gasteiger charge is -2.18. The summed E-state index contributed by atoms with van der Waals surface area (Å²) >= 11 is 0. The van der Waals surface area contributed by atoms with Gasteiger partial charge in [-0.25, -0.2) is 0 Å². The number of anilines is 1. The van der Waals surface area contributed by atoms with E-state index in [1.54, 1.807) is 7.11 Å². The lowest BCUT2D eigenvalue weighted by Crippen LogP contribution is -2.14. The van der Waals surface area contributed by atoms with Gasteiger partial charge < -0.3 is 10.1 Å². The molecule has 2 aromatic carbocycles. The van der Waals surface area contributed by atoms with E-state index in [0.29, 0.717) is 6.42 Å². The predicted octanol–water partition coefficient (Wildman–Crippen LogP) is 3.87. The van der Waals surface area contributed by atoms with Crippen LogP contribution in [0.3, 0.4) is 0 Å². The van der Waals surface area contributed by atoms with Gasteiger partial charge in [0.2, 0.25) is 5.91 Å². The first-order valence-electron chi connectivity index (χ1n) is 7.86. The maximum atomic E-state index is 12.7. The third-order valence-electron chi connectivity index (χ3n) is 4.08. The molecule has 1 amide bonds. The normalized spacial score (nSPS) is 15.1. The van der Waals surface area contributed by atoms with E-state index in [1.807, 2.05) is 48.5 Å². The summed E-state index contributed by atoms with van der Waals surface area (Å²) in [5.41, 5.74) is 4.29. The second-order valence-corrected chi connectivity index (χ2v) is 5.82. The summed E-state index contributed by atoms with van der Waals surface area (Å²) in [6, 6.07) is 13.1. The molecule has 3 rings (SSSR count). The second-order valence-electron chi connectivity index (χ2n) is 5.82. The van der Waals surface area contributed by atoms with Crippen molar-refractivity contribution in [1.29, 1.82) is 0 Å². The molecule has 1 aliphatic carbocycles. The Bertz CT molecular complexity index is 819. The summed E-state index contributed by atoms with van der Waals surface area (Å²) < 4.78 is 5.22. The maximum Gasteiger partial charge on any atom is 0.221 e. The van der Waals surface area contributed by atoms with E-state index >= 15 is 0 Å². The number of Topliss-reactive ketones (excluding diaryl/α,β-unsaturated/α-hetero) is 1. The van der Waals surface area contributed by atoms with Crippen LogP contribution in [0, 0.1) is 0 Å². The van der Waals surface area contributed by atoms with Gasteiger partial charge in [-0.05, 0) is 60.4 Å². The average molecular weight is 321 g/mol. The summed E-state index contributed by atoms with van der Waals surface area (Å²) in [5, 5.41) is 2.73. The number of amides is 1. The van der Waals surface area contributed by atoms with E-state index in [4.69, 9.17) is 4.74 Å². The minimum atomic E-state index is -0.101. The molecule has 0 radical (unpaired) electrons. The molecule has 4 heteroatoms. The molecule has 4 nitrogen and oxygen atoms in total. The second kappa shape index (κ2) is 6.71. The van der Waals surface area contributed by atoms with Crippen molar-refractivity contribution in [2.75, 3.05) is 12.4 Å². The molecule has 0 atom stereocenters. The number of methoxy groups -OCH3 is 1. The average Bonchev–Trinajstić information content (AvgIpc) is 2.58. The van der Waals surface area contributed by atoms with E-state index in [1.165, 1.54) is 6.92 Å². The van der Waals surface area contributed by atoms with Crippen molar-refractivity contribution in [3.8, 4) is 5.75 Å². The topological polar surface area (TPSA) is 55.4 Å². The Kier molecular flexibility index (Phi) is 4.47. The first-order chi connectivity index (χ1) is 11.6. The van der Waals surface area contributed by atoms with Crippen LogP contribution >= 0.6 is 0 Å². The van der Waals surface area contributed by atoms with Crippen molar-refractivity contribution in [2.45, 2.75) is 19.8 Å². The van der Waals surface area contributed by atoms with E-state index in [9.17, 15) is 9.59 Å². The quantitative estimate of drug-likeness (QED) is 0.873. The van der Waals surface area contributed by atoms with Gasteiger partial charge in [-0.2, -0.15) is 0 Å². The molecule has 0 aliphatic heterocycles. The number of hydrogen-bond donors (Lipinski definition) is 1. The van der Waals surface area contributed by atoms with Gasteiger partial charge in [0, 0.05) is 23.7 Å². The van der Waals surface area contributed by atoms with Crippen molar-refractivity contribution < 1.29 is 14.3 Å². The first kappa shape index (κ1) is 16.0. The number of rotatable bonds is 3. The van der Waals surface area contributed by atoms with Crippen LogP contribution in [-0.2, 0) is 11.2 Å². The fraction of sp³-hybridized carbons (Fsp3) is 0.200. The van der Waals surface area contributed by atoms with E-state index in [2.05, 4.69) is 5.32 Å². The van der Waals surface area contributed by atoms with Gasteiger partial charge in [-0.3, -0.25) is 9.59 Å². The predicted molar refractivity (Wildman–Crippen MR) is 94.4 cm³/mol. The summed E-state index contributed by atoms with van der Waals surface area (Å²) in [6.07, 6.45) is 3.47. The molecule has 0 saturated carbocycles. The zero-order valence-corrected chi connectivity index (χ0v) is 13.8.